The molecule has 1 atom stereocenters. The predicted molar refractivity (Wildman–Crippen MR) is 137 cm³/mol. The van der Waals surface area contributed by atoms with Gasteiger partial charge in [-0.2, -0.15) is 0 Å². The minimum absolute atomic E-state index is 0.0663. The average molecular weight is 491 g/mol. The third kappa shape index (κ3) is 4.34. The number of likely N-dealkylation sites (tertiary alicyclic amines) is 1. The molecule has 0 spiro atoms. The van der Waals surface area contributed by atoms with Crippen molar-refractivity contribution < 1.29 is 9.59 Å². The molecule has 0 bridgehead atoms. The molecule has 6 rings (SSSR count). The number of carbonyl (C=O) groups is 2. The van der Waals surface area contributed by atoms with Gasteiger partial charge in [-0.15, -0.1) is 0 Å². The highest BCUT2D eigenvalue weighted by Gasteiger charge is 2.56. The predicted octanol–water partition coefficient (Wildman–Crippen LogP) is 4.98. The molecule has 3 aliphatic rings. The maximum atomic E-state index is 13.9. The van der Waals surface area contributed by atoms with Gasteiger partial charge in [0.2, 0.25) is 0 Å². The Balaban J connectivity index is 1.21. The Morgan fingerprint density at radius 3 is 2.46 bits per heavy atom. The van der Waals surface area contributed by atoms with E-state index >= 15 is 0 Å². The Morgan fingerprint density at radius 1 is 0.971 bits per heavy atom. The smallest absolute Gasteiger partial charge is 0.325 e. The van der Waals surface area contributed by atoms with Gasteiger partial charge in [-0.1, -0.05) is 48.0 Å². The first-order valence-electron chi connectivity index (χ1n) is 12.7. The number of amides is 3. The van der Waals surface area contributed by atoms with E-state index in [1.165, 1.54) is 16.0 Å². The number of nitrogens with one attached hydrogen (secondary N) is 2. The lowest BCUT2D eigenvalue weighted by Crippen LogP contribution is -2.57. The molecule has 2 saturated heterocycles. The number of aromatic nitrogens is 1. The fourth-order valence-corrected chi connectivity index (χ4v) is 6.10. The van der Waals surface area contributed by atoms with E-state index in [1.54, 1.807) is 0 Å². The van der Waals surface area contributed by atoms with Crippen LogP contribution in [-0.2, 0) is 17.8 Å². The number of rotatable bonds is 7. The van der Waals surface area contributed by atoms with Crippen molar-refractivity contribution in [3.63, 3.8) is 0 Å². The van der Waals surface area contributed by atoms with E-state index in [0.717, 1.165) is 56.4 Å². The van der Waals surface area contributed by atoms with Crippen LogP contribution in [-0.4, -0.2) is 51.9 Å². The number of fused-ring (bicyclic) bond motifs is 1. The lowest BCUT2D eigenvalue weighted by molar-refractivity contribution is -0.134. The van der Waals surface area contributed by atoms with E-state index in [0.29, 0.717) is 23.9 Å². The summed E-state index contributed by atoms with van der Waals surface area (Å²) in [5.41, 5.74) is 2.35. The summed E-state index contributed by atoms with van der Waals surface area (Å²) >= 11 is 6.52. The lowest BCUT2D eigenvalue weighted by Gasteiger charge is -2.41. The first kappa shape index (κ1) is 22.6. The van der Waals surface area contributed by atoms with Gasteiger partial charge in [-0.3, -0.25) is 14.6 Å². The number of benzene rings is 2. The average Bonchev–Trinajstić information content (AvgIpc) is 3.54. The molecule has 2 aromatic carbocycles. The van der Waals surface area contributed by atoms with Gasteiger partial charge in [-0.05, 0) is 79.8 Å². The van der Waals surface area contributed by atoms with Crippen molar-refractivity contribution in [2.24, 2.45) is 11.8 Å². The summed E-state index contributed by atoms with van der Waals surface area (Å²) in [7, 11) is 0. The molecule has 0 radical (unpaired) electrons. The molecule has 2 aliphatic heterocycles. The molecule has 35 heavy (non-hydrogen) atoms. The van der Waals surface area contributed by atoms with Gasteiger partial charge in [0.15, 0.2) is 0 Å². The molecule has 3 heterocycles. The summed E-state index contributed by atoms with van der Waals surface area (Å²) in [6.07, 6.45) is 4.34. The van der Waals surface area contributed by atoms with Crippen LogP contribution in [0.25, 0.3) is 10.9 Å². The van der Waals surface area contributed by atoms with E-state index in [4.69, 9.17) is 11.6 Å². The van der Waals surface area contributed by atoms with Gasteiger partial charge in [-0.25, -0.2) is 4.79 Å². The number of urea groups is 1. The number of hydrogen-bond donors (Lipinski definition) is 2. The van der Waals surface area contributed by atoms with E-state index in [2.05, 4.69) is 39.5 Å². The standard InChI is InChI=1S/C28H31ClN4O2/c29-24-7-3-1-6-21(24)16-28(26(34)33(27(35)31-28)17-19-9-10-19)22-11-13-32(14-12-22)18-23-15-20-5-2-4-8-25(20)30-23/h1-8,15,19,22,30H,9-14,16-18H2,(H,31,35). The Bertz CT molecular complexity index is 1230. The van der Waals surface area contributed by atoms with Crippen LogP contribution in [0.5, 0.6) is 0 Å². The van der Waals surface area contributed by atoms with Crippen molar-refractivity contribution >= 4 is 34.4 Å². The van der Waals surface area contributed by atoms with Crippen LogP contribution in [0.4, 0.5) is 4.79 Å². The number of para-hydroxylation sites is 1. The van der Waals surface area contributed by atoms with Crippen LogP contribution in [0.1, 0.15) is 36.9 Å². The summed E-state index contributed by atoms with van der Waals surface area (Å²) in [5.74, 6) is 0.459. The Morgan fingerprint density at radius 2 is 1.71 bits per heavy atom. The molecule has 1 saturated carbocycles. The van der Waals surface area contributed by atoms with Crippen LogP contribution in [0.15, 0.2) is 54.6 Å². The zero-order chi connectivity index (χ0) is 24.0. The Hall–Kier alpha value is -2.83. The van der Waals surface area contributed by atoms with E-state index in [-0.39, 0.29) is 17.9 Å². The molecule has 6 nitrogen and oxygen atoms in total. The van der Waals surface area contributed by atoms with Crippen molar-refractivity contribution in [1.29, 1.82) is 0 Å². The lowest BCUT2D eigenvalue weighted by atomic mass is 9.74. The topological polar surface area (TPSA) is 68.4 Å². The number of piperidine rings is 1. The van der Waals surface area contributed by atoms with Crippen LogP contribution >= 0.6 is 11.6 Å². The normalized spacial score (nSPS) is 23.9. The number of halogens is 1. The molecule has 3 amide bonds. The van der Waals surface area contributed by atoms with Crippen molar-refractivity contribution in [2.45, 2.75) is 44.2 Å². The van der Waals surface area contributed by atoms with E-state index in [1.807, 2.05) is 30.3 Å². The highest BCUT2D eigenvalue weighted by Crippen LogP contribution is 2.40. The quantitative estimate of drug-likeness (QED) is 0.459. The maximum Gasteiger partial charge on any atom is 0.325 e. The monoisotopic (exact) mass is 490 g/mol. The van der Waals surface area contributed by atoms with E-state index < -0.39 is 5.54 Å². The number of carbonyl (C=O) groups excluding carboxylic acids is 2. The molecule has 1 aliphatic carbocycles. The highest BCUT2D eigenvalue weighted by molar-refractivity contribution is 6.31. The number of imide groups is 1. The summed E-state index contributed by atoms with van der Waals surface area (Å²) in [5, 5.41) is 5.05. The fourth-order valence-electron chi connectivity index (χ4n) is 5.90. The van der Waals surface area contributed by atoms with Crippen LogP contribution in [0.2, 0.25) is 5.02 Å². The zero-order valence-corrected chi connectivity index (χ0v) is 20.6. The molecule has 3 aromatic rings. The second-order valence-electron chi connectivity index (χ2n) is 10.5. The highest BCUT2D eigenvalue weighted by atomic mass is 35.5. The Labute approximate surface area is 210 Å². The van der Waals surface area contributed by atoms with Crippen molar-refractivity contribution in [2.75, 3.05) is 19.6 Å². The zero-order valence-electron chi connectivity index (χ0n) is 19.8. The van der Waals surface area contributed by atoms with Crippen molar-refractivity contribution in [1.82, 2.24) is 20.1 Å². The van der Waals surface area contributed by atoms with Gasteiger partial charge >= 0.3 is 6.03 Å². The summed E-state index contributed by atoms with van der Waals surface area (Å²) in [6, 6.07) is 18.0. The third-order valence-corrected chi connectivity index (χ3v) is 8.40. The van der Waals surface area contributed by atoms with Crippen molar-refractivity contribution in [3.8, 4) is 0 Å². The molecule has 1 aromatic heterocycles. The van der Waals surface area contributed by atoms with Gasteiger partial charge in [0, 0.05) is 35.7 Å². The van der Waals surface area contributed by atoms with Crippen LogP contribution < -0.4 is 5.32 Å². The second kappa shape index (κ2) is 8.99. The molecular weight excluding hydrogens is 460 g/mol. The molecule has 182 valence electrons. The van der Waals surface area contributed by atoms with Crippen LogP contribution in [0, 0.1) is 11.8 Å². The number of aromatic amines is 1. The maximum absolute atomic E-state index is 13.9. The molecule has 1 unspecified atom stereocenters. The van der Waals surface area contributed by atoms with Crippen LogP contribution in [0.3, 0.4) is 0 Å². The van der Waals surface area contributed by atoms with Crippen molar-refractivity contribution in [3.05, 3.63) is 70.9 Å². The summed E-state index contributed by atoms with van der Waals surface area (Å²) in [4.78, 5) is 34.3. The minimum atomic E-state index is -0.926. The largest absolute Gasteiger partial charge is 0.357 e. The van der Waals surface area contributed by atoms with Gasteiger partial charge in [0.1, 0.15) is 5.54 Å². The van der Waals surface area contributed by atoms with Gasteiger partial charge < -0.3 is 10.3 Å². The third-order valence-electron chi connectivity index (χ3n) is 8.03. The second-order valence-corrected chi connectivity index (χ2v) is 10.9. The summed E-state index contributed by atoms with van der Waals surface area (Å²) in [6.45, 7) is 3.16. The molecule has 7 heteroatoms. The first-order chi connectivity index (χ1) is 17.0. The number of hydrogen-bond acceptors (Lipinski definition) is 3. The van der Waals surface area contributed by atoms with Gasteiger partial charge in [0.05, 0.1) is 0 Å². The number of nitrogens with zero attached hydrogens (tertiary/aromatic N) is 2. The van der Waals surface area contributed by atoms with E-state index in [9.17, 15) is 9.59 Å². The fraction of sp³-hybridized carbons (Fsp3) is 0.429. The summed E-state index contributed by atoms with van der Waals surface area (Å²) < 4.78 is 0. The SMILES string of the molecule is O=C1NC(Cc2ccccc2Cl)(C2CCN(Cc3cc4ccccc4[nH]3)CC2)C(=O)N1CC1CC1. The Kier molecular flexibility index (Phi) is 5.81. The minimum Gasteiger partial charge on any atom is -0.357 e. The van der Waals surface area contributed by atoms with Gasteiger partial charge in [0.25, 0.3) is 5.91 Å². The molecular formula is C28H31ClN4O2. The first-order valence-corrected chi connectivity index (χ1v) is 13.1. The molecule has 3 fully saturated rings. The number of H-pyrrole nitrogens is 1. The molecule has 2 N–H and O–H groups in total.